The normalized spacial score (nSPS) is 11.8. The van der Waals surface area contributed by atoms with Gasteiger partial charge in [-0.1, -0.05) is 19.0 Å². The van der Waals surface area contributed by atoms with Gasteiger partial charge in [-0.25, -0.2) is 0 Å². The smallest absolute Gasteiger partial charge is 0.173 e. The largest absolute Gasteiger partial charge is 0.491 e. The minimum Gasteiger partial charge on any atom is -0.491 e. The number of nitrogens with two attached hydrogens (primary N) is 1. The van der Waals surface area contributed by atoms with Crippen LogP contribution in [0.1, 0.15) is 25.8 Å². The molecule has 0 atom stereocenters. The first kappa shape index (κ1) is 12.3. The third kappa shape index (κ3) is 3.42. The van der Waals surface area contributed by atoms with Gasteiger partial charge in [0.15, 0.2) is 5.84 Å². The molecule has 1 rings (SSSR count). The van der Waals surface area contributed by atoms with Crippen LogP contribution in [0.2, 0.25) is 0 Å². The first-order valence-corrected chi connectivity index (χ1v) is 5.20. The van der Waals surface area contributed by atoms with E-state index in [0.717, 1.165) is 6.42 Å². The summed E-state index contributed by atoms with van der Waals surface area (Å²) in [5.41, 5.74) is 6.08. The Morgan fingerprint density at radius 2 is 2.38 bits per heavy atom. The Hall–Kier alpha value is -1.78. The number of aromatic nitrogens is 1. The zero-order valence-electron chi connectivity index (χ0n) is 9.55. The van der Waals surface area contributed by atoms with Crippen LogP contribution >= 0.6 is 0 Å². The van der Waals surface area contributed by atoms with Crippen LogP contribution in [0.5, 0.6) is 5.75 Å². The molecule has 0 unspecified atom stereocenters. The molecule has 0 aliphatic rings. The van der Waals surface area contributed by atoms with Crippen molar-refractivity contribution in [3.8, 4) is 5.75 Å². The molecular formula is C11H17N3O2. The lowest BCUT2D eigenvalue weighted by atomic mass is 10.1. The molecule has 88 valence electrons. The number of hydrogen-bond donors (Lipinski definition) is 2. The molecule has 5 nitrogen and oxygen atoms in total. The number of ether oxygens (including phenoxy) is 1. The molecule has 1 heterocycles. The van der Waals surface area contributed by atoms with Crippen LogP contribution in [-0.4, -0.2) is 22.6 Å². The van der Waals surface area contributed by atoms with Gasteiger partial charge in [-0.2, -0.15) is 0 Å². The molecule has 16 heavy (non-hydrogen) atoms. The van der Waals surface area contributed by atoms with Gasteiger partial charge >= 0.3 is 0 Å². The molecule has 5 heteroatoms. The topological polar surface area (TPSA) is 80.7 Å². The van der Waals surface area contributed by atoms with E-state index in [0.29, 0.717) is 23.8 Å². The summed E-state index contributed by atoms with van der Waals surface area (Å²) < 4.78 is 5.54. The summed E-state index contributed by atoms with van der Waals surface area (Å²) >= 11 is 0. The van der Waals surface area contributed by atoms with E-state index >= 15 is 0 Å². The molecular weight excluding hydrogens is 206 g/mol. The monoisotopic (exact) mass is 223 g/mol. The van der Waals surface area contributed by atoms with Crippen LogP contribution < -0.4 is 10.5 Å². The lowest BCUT2D eigenvalue weighted by Gasteiger charge is -2.10. The van der Waals surface area contributed by atoms with Gasteiger partial charge in [0.1, 0.15) is 5.75 Å². The maximum atomic E-state index is 8.61. The Kier molecular flexibility index (Phi) is 4.57. The predicted octanol–water partition coefficient (Wildman–Crippen LogP) is 1.60. The highest BCUT2D eigenvalue weighted by atomic mass is 16.5. The summed E-state index contributed by atoms with van der Waals surface area (Å²) in [5, 5.41) is 11.6. The lowest BCUT2D eigenvalue weighted by Crippen LogP contribution is -2.15. The molecule has 1 aromatic rings. The predicted molar refractivity (Wildman–Crippen MR) is 61.7 cm³/mol. The quantitative estimate of drug-likeness (QED) is 0.344. The lowest BCUT2D eigenvalue weighted by molar-refractivity contribution is 0.287. The van der Waals surface area contributed by atoms with Crippen molar-refractivity contribution in [3.63, 3.8) is 0 Å². The number of amidine groups is 1. The fraction of sp³-hybridized carbons (Fsp3) is 0.455. The second kappa shape index (κ2) is 5.95. The van der Waals surface area contributed by atoms with E-state index in [9.17, 15) is 0 Å². The summed E-state index contributed by atoms with van der Waals surface area (Å²) in [5.74, 6) is 1.14. The maximum absolute atomic E-state index is 8.61. The molecule has 0 fully saturated rings. The molecule has 0 aliphatic heterocycles. The minimum atomic E-state index is 0.0296. The van der Waals surface area contributed by atoms with Crippen molar-refractivity contribution < 1.29 is 9.94 Å². The van der Waals surface area contributed by atoms with Crippen LogP contribution in [0, 0.1) is 5.92 Å². The Morgan fingerprint density at radius 3 is 3.00 bits per heavy atom. The summed E-state index contributed by atoms with van der Waals surface area (Å²) in [4.78, 5) is 3.94. The molecule has 1 aromatic heterocycles. The molecule has 0 bridgehead atoms. The van der Waals surface area contributed by atoms with E-state index in [1.807, 2.05) is 0 Å². The Labute approximate surface area is 94.9 Å². The fourth-order valence-corrected chi connectivity index (χ4v) is 1.17. The molecule has 0 saturated carbocycles. The van der Waals surface area contributed by atoms with Gasteiger partial charge < -0.3 is 15.7 Å². The van der Waals surface area contributed by atoms with Crippen LogP contribution in [0.4, 0.5) is 0 Å². The highest BCUT2D eigenvalue weighted by Crippen LogP contribution is 2.16. The number of oxime groups is 1. The summed E-state index contributed by atoms with van der Waals surface area (Å²) in [6.45, 7) is 4.84. The Bertz CT molecular complexity index is 364. The van der Waals surface area contributed by atoms with E-state index in [4.69, 9.17) is 15.7 Å². The second-order valence-electron chi connectivity index (χ2n) is 3.89. The fourth-order valence-electron chi connectivity index (χ4n) is 1.17. The number of pyridine rings is 1. The first-order valence-electron chi connectivity index (χ1n) is 5.20. The van der Waals surface area contributed by atoms with Crippen molar-refractivity contribution >= 4 is 5.84 Å². The van der Waals surface area contributed by atoms with Crippen LogP contribution in [-0.2, 0) is 0 Å². The molecule has 0 amide bonds. The maximum Gasteiger partial charge on any atom is 0.173 e. The highest BCUT2D eigenvalue weighted by Gasteiger charge is 2.08. The SMILES string of the molecule is CC(C)CCOc1cnccc1/C(N)=N/O. The molecule has 0 spiro atoms. The van der Waals surface area contributed by atoms with Crippen molar-refractivity contribution in [2.24, 2.45) is 16.8 Å². The molecule has 3 N–H and O–H groups in total. The van der Waals surface area contributed by atoms with Crippen LogP contribution in [0.3, 0.4) is 0 Å². The van der Waals surface area contributed by atoms with Crippen molar-refractivity contribution in [1.29, 1.82) is 0 Å². The zero-order chi connectivity index (χ0) is 12.0. The molecule has 0 aromatic carbocycles. The van der Waals surface area contributed by atoms with Gasteiger partial charge in [0.25, 0.3) is 0 Å². The van der Waals surface area contributed by atoms with Gasteiger partial charge in [0.05, 0.1) is 18.4 Å². The first-order chi connectivity index (χ1) is 7.65. The van der Waals surface area contributed by atoms with E-state index in [-0.39, 0.29) is 5.84 Å². The van der Waals surface area contributed by atoms with Crippen molar-refractivity contribution in [1.82, 2.24) is 4.98 Å². The number of hydrogen-bond acceptors (Lipinski definition) is 4. The van der Waals surface area contributed by atoms with Crippen molar-refractivity contribution in [2.75, 3.05) is 6.61 Å². The minimum absolute atomic E-state index is 0.0296. The van der Waals surface area contributed by atoms with Crippen LogP contribution in [0.25, 0.3) is 0 Å². The number of rotatable bonds is 5. The average molecular weight is 223 g/mol. The summed E-state index contributed by atoms with van der Waals surface area (Å²) in [6, 6.07) is 1.65. The zero-order valence-corrected chi connectivity index (χ0v) is 9.55. The number of nitrogens with zero attached hydrogens (tertiary/aromatic N) is 2. The third-order valence-corrected chi connectivity index (χ3v) is 2.12. The molecule has 0 saturated heterocycles. The van der Waals surface area contributed by atoms with Gasteiger partial charge in [-0.3, -0.25) is 4.98 Å². The van der Waals surface area contributed by atoms with Crippen LogP contribution in [0.15, 0.2) is 23.6 Å². The van der Waals surface area contributed by atoms with Gasteiger partial charge in [-0.05, 0) is 18.4 Å². The van der Waals surface area contributed by atoms with E-state index < -0.39 is 0 Å². The van der Waals surface area contributed by atoms with Crippen molar-refractivity contribution in [2.45, 2.75) is 20.3 Å². The standard InChI is InChI=1S/C11H17N3O2/c1-8(2)4-6-16-10-7-13-5-3-9(10)11(12)14-15/h3,5,7-8,15H,4,6H2,1-2H3,(H2,12,14). The van der Waals surface area contributed by atoms with Crippen molar-refractivity contribution in [3.05, 3.63) is 24.0 Å². The molecule has 0 radical (unpaired) electrons. The third-order valence-electron chi connectivity index (χ3n) is 2.12. The van der Waals surface area contributed by atoms with E-state index in [1.54, 1.807) is 18.5 Å². The van der Waals surface area contributed by atoms with Gasteiger partial charge in [0.2, 0.25) is 0 Å². The van der Waals surface area contributed by atoms with Gasteiger partial charge in [-0.15, -0.1) is 0 Å². The highest BCUT2D eigenvalue weighted by molar-refractivity contribution is 5.99. The second-order valence-corrected chi connectivity index (χ2v) is 3.89. The molecule has 0 aliphatic carbocycles. The Morgan fingerprint density at radius 1 is 1.62 bits per heavy atom. The summed E-state index contributed by atoms with van der Waals surface area (Å²) in [6.07, 6.45) is 4.08. The summed E-state index contributed by atoms with van der Waals surface area (Å²) in [7, 11) is 0. The Balaban J connectivity index is 2.72. The van der Waals surface area contributed by atoms with E-state index in [1.165, 1.54) is 0 Å². The average Bonchev–Trinajstić information content (AvgIpc) is 2.28. The van der Waals surface area contributed by atoms with E-state index in [2.05, 4.69) is 24.0 Å². The van der Waals surface area contributed by atoms with Gasteiger partial charge in [0, 0.05) is 6.20 Å².